The number of likely N-dealkylation sites (N-methyl/N-ethyl adjacent to an activating group) is 1. The van der Waals surface area contributed by atoms with Crippen molar-refractivity contribution in [1.29, 1.82) is 0 Å². The van der Waals surface area contributed by atoms with Crippen LogP contribution in [0.25, 0.3) is 0 Å². The lowest BCUT2D eigenvalue weighted by Gasteiger charge is -2.27. The molecule has 0 bridgehead atoms. The second-order valence-electron chi connectivity index (χ2n) is 7.79. The van der Waals surface area contributed by atoms with E-state index in [9.17, 15) is 17.6 Å². The summed E-state index contributed by atoms with van der Waals surface area (Å²) in [4.78, 5) is 14.3. The van der Waals surface area contributed by atoms with E-state index in [0.717, 1.165) is 0 Å². The largest absolute Gasteiger partial charge is 0.490 e. The summed E-state index contributed by atoms with van der Waals surface area (Å²) in [6.45, 7) is 4.44. The zero-order valence-corrected chi connectivity index (χ0v) is 18.6. The van der Waals surface area contributed by atoms with Crippen LogP contribution in [0.5, 0.6) is 11.5 Å². The standard InChI is InChI=1S/C22H27FN2O5S/c1-15(2)21(22(26)25(3)14-16-7-4-5-8-18(16)23)24-31(27,28)17-9-10-19-20(13-17)30-12-6-11-29-19/h4-5,7-10,13,15,21,24H,6,11-12,14H2,1-3H3. The van der Waals surface area contributed by atoms with Crippen LogP contribution in [0.4, 0.5) is 4.39 Å². The van der Waals surface area contributed by atoms with Gasteiger partial charge >= 0.3 is 0 Å². The summed E-state index contributed by atoms with van der Waals surface area (Å²) in [7, 11) is -2.50. The Morgan fingerprint density at radius 2 is 1.81 bits per heavy atom. The van der Waals surface area contributed by atoms with E-state index in [1.54, 1.807) is 38.1 Å². The van der Waals surface area contributed by atoms with Crippen molar-refractivity contribution in [2.75, 3.05) is 20.3 Å². The maximum absolute atomic E-state index is 14.0. The molecule has 9 heteroatoms. The number of fused-ring (bicyclic) bond motifs is 1. The third kappa shape index (κ3) is 5.54. The van der Waals surface area contributed by atoms with Crippen LogP contribution in [-0.2, 0) is 21.4 Å². The first kappa shape index (κ1) is 23.0. The Morgan fingerprint density at radius 3 is 2.48 bits per heavy atom. The van der Waals surface area contributed by atoms with Crippen molar-refractivity contribution in [3.05, 3.63) is 53.8 Å². The number of nitrogens with one attached hydrogen (secondary N) is 1. The van der Waals surface area contributed by atoms with Crippen LogP contribution in [0, 0.1) is 11.7 Å². The fraction of sp³-hybridized carbons (Fsp3) is 0.409. The second-order valence-corrected chi connectivity index (χ2v) is 9.50. The monoisotopic (exact) mass is 450 g/mol. The number of amides is 1. The first-order valence-corrected chi connectivity index (χ1v) is 11.6. The third-order valence-corrected chi connectivity index (χ3v) is 6.42. The summed E-state index contributed by atoms with van der Waals surface area (Å²) in [5.41, 5.74) is 0.353. The molecule has 1 heterocycles. The molecule has 2 aromatic carbocycles. The molecule has 1 aliphatic rings. The number of carbonyl (C=O) groups excluding carboxylic acids is 1. The molecule has 31 heavy (non-hydrogen) atoms. The number of rotatable bonds is 7. The summed E-state index contributed by atoms with van der Waals surface area (Å²) >= 11 is 0. The molecule has 1 amide bonds. The third-order valence-electron chi connectivity index (χ3n) is 4.99. The van der Waals surface area contributed by atoms with Crippen molar-refractivity contribution in [1.82, 2.24) is 9.62 Å². The molecule has 2 aromatic rings. The summed E-state index contributed by atoms with van der Waals surface area (Å²) in [6.07, 6.45) is 0.702. The van der Waals surface area contributed by atoms with E-state index in [2.05, 4.69) is 4.72 Å². The fourth-order valence-corrected chi connectivity index (χ4v) is 4.57. The molecule has 0 fully saturated rings. The number of hydrogen-bond donors (Lipinski definition) is 1. The zero-order chi connectivity index (χ0) is 22.6. The highest BCUT2D eigenvalue weighted by atomic mass is 32.2. The summed E-state index contributed by atoms with van der Waals surface area (Å²) in [6, 6.07) is 9.51. The molecule has 0 saturated carbocycles. The van der Waals surface area contributed by atoms with E-state index in [0.29, 0.717) is 36.7 Å². The number of sulfonamides is 1. The van der Waals surface area contributed by atoms with E-state index >= 15 is 0 Å². The van der Waals surface area contributed by atoms with Gasteiger partial charge in [0.05, 0.1) is 18.1 Å². The van der Waals surface area contributed by atoms with E-state index in [-0.39, 0.29) is 17.4 Å². The van der Waals surface area contributed by atoms with Crippen molar-refractivity contribution < 1.29 is 27.1 Å². The van der Waals surface area contributed by atoms with Gasteiger partial charge < -0.3 is 14.4 Å². The maximum atomic E-state index is 14.0. The van der Waals surface area contributed by atoms with Gasteiger partial charge in [-0.25, -0.2) is 12.8 Å². The molecule has 3 rings (SSSR count). The van der Waals surface area contributed by atoms with Crippen molar-refractivity contribution in [2.45, 2.75) is 37.8 Å². The highest BCUT2D eigenvalue weighted by Gasteiger charge is 2.31. The van der Waals surface area contributed by atoms with Crippen molar-refractivity contribution >= 4 is 15.9 Å². The lowest BCUT2D eigenvalue weighted by Crippen LogP contribution is -2.49. The Bertz CT molecular complexity index is 1040. The molecule has 168 valence electrons. The number of nitrogens with zero attached hydrogens (tertiary/aromatic N) is 1. The van der Waals surface area contributed by atoms with Crippen molar-refractivity contribution in [2.24, 2.45) is 5.92 Å². The topological polar surface area (TPSA) is 84.9 Å². The van der Waals surface area contributed by atoms with Crippen molar-refractivity contribution in [3.63, 3.8) is 0 Å². The second kappa shape index (κ2) is 9.65. The quantitative estimate of drug-likeness (QED) is 0.701. The highest BCUT2D eigenvalue weighted by Crippen LogP contribution is 2.32. The van der Waals surface area contributed by atoms with Gasteiger partial charge in [-0.3, -0.25) is 4.79 Å². The van der Waals surface area contributed by atoms with Crippen LogP contribution >= 0.6 is 0 Å². The normalized spacial score (nSPS) is 14.7. The molecule has 1 atom stereocenters. The first-order valence-electron chi connectivity index (χ1n) is 10.1. The van der Waals surface area contributed by atoms with E-state index in [4.69, 9.17) is 9.47 Å². The molecule has 1 aliphatic heterocycles. The smallest absolute Gasteiger partial charge is 0.241 e. The van der Waals surface area contributed by atoms with E-state index in [1.807, 2.05) is 0 Å². The van der Waals surface area contributed by atoms with Gasteiger partial charge in [0, 0.05) is 31.6 Å². The average Bonchev–Trinajstić information content (AvgIpc) is 2.98. The van der Waals surface area contributed by atoms with Crippen molar-refractivity contribution in [3.8, 4) is 11.5 Å². The Labute approximate surface area is 182 Å². The molecule has 7 nitrogen and oxygen atoms in total. The summed E-state index contributed by atoms with van der Waals surface area (Å²) < 4.78 is 53.6. The Hall–Kier alpha value is -2.65. The minimum atomic E-state index is -4.02. The van der Waals surface area contributed by atoms with Crippen LogP contribution in [0.15, 0.2) is 47.4 Å². The minimum Gasteiger partial charge on any atom is -0.490 e. The maximum Gasteiger partial charge on any atom is 0.241 e. The predicted molar refractivity (Wildman–Crippen MR) is 114 cm³/mol. The van der Waals surface area contributed by atoms with Gasteiger partial charge in [-0.2, -0.15) is 4.72 Å². The van der Waals surface area contributed by atoms with Crippen LogP contribution < -0.4 is 14.2 Å². The van der Waals surface area contributed by atoms with Gasteiger partial charge in [-0.05, 0) is 24.1 Å². The van der Waals surface area contributed by atoms with Gasteiger partial charge in [0.15, 0.2) is 11.5 Å². The van der Waals surface area contributed by atoms with Gasteiger partial charge in [-0.1, -0.05) is 32.0 Å². The van der Waals surface area contributed by atoms with Gasteiger partial charge in [0.25, 0.3) is 0 Å². The Morgan fingerprint density at radius 1 is 1.13 bits per heavy atom. The molecule has 1 unspecified atom stereocenters. The predicted octanol–water partition coefficient (Wildman–Crippen LogP) is 2.95. The fourth-order valence-electron chi connectivity index (χ4n) is 3.22. The van der Waals surface area contributed by atoms with Gasteiger partial charge in [-0.15, -0.1) is 0 Å². The molecule has 0 radical (unpaired) electrons. The Kier molecular flexibility index (Phi) is 7.17. The van der Waals surface area contributed by atoms with Crippen LogP contribution in [-0.4, -0.2) is 45.5 Å². The first-order chi connectivity index (χ1) is 14.7. The van der Waals surface area contributed by atoms with Crippen LogP contribution in [0.3, 0.4) is 0 Å². The molecule has 0 spiro atoms. The number of carbonyl (C=O) groups is 1. The molecule has 0 aliphatic carbocycles. The summed E-state index contributed by atoms with van der Waals surface area (Å²) in [5, 5.41) is 0. The average molecular weight is 451 g/mol. The van der Waals surface area contributed by atoms with Crippen LogP contribution in [0.1, 0.15) is 25.8 Å². The summed E-state index contributed by atoms with van der Waals surface area (Å²) in [5.74, 6) is -0.361. The number of ether oxygens (including phenoxy) is 2. The van der Waals surface area contributed by atoms with E-state index in [1.165, 1.54) is 30.1 Å². The minimum absolute atomic E-state index is 0.0213. The zero-order valence-electron chi connectivity index (χ0n) is 17.8. The SMILES string of the molecule is CC(C)C(NS(=O)(=O)c1ccc2c(c1)OCCCO2)C(=O)N(C)Cc1ccccc1F. The Balaban J connectivity index is 1.79. The number of benzene rings is 2. The van der Waals surface area contributed by atoms with E-state index < -0.39 is 27.8 Å². The lowest BCUT2D eigenvalue weighted by molar-refractivity contribution is -0.133. The number of halogens is 1. The molecule has 1 N–H and O–H groups in total. The molecule has 0 aromatic heterocycles. The highest BCUT2D eigenvalue weighted by molar-refractivity contribution is 7.89. The van der Waals surface area contributed by atoms with Crippen LogP contribution in [0.2, 0.25) is 0 Å². The molecule has 0 saturated heterocycles. The molecular weight excluding hydrogens is 423 g/mol. The number of hydrogen-bond acceptors (Lipinski definition) is 5. The van der Waals surface area contributed by atoms with Gasteiger partial charge in [0.2, 0.25) is 15.9 Å². The molecular formula is C22H27FN2O5S. The van der Waals surface area contributed by atoms with Gasteiger partial charge in [0.1, 0.15) is 11.9 Å². The lowest BCUT2D eigenvalue weighted by atomic mass is 10.0.